The lowest BCUT2D eigenvalue weighted by molar-refractivity contribution is 0.0513. The molecule has 0 spiro atoms. The van der Waals surface area contributed by atoms with Crippen LogP contribution in [0.3, 0.4) is 0 Å². The summed E-state index contributed by atoms with van der Waals surface area (Å²) in [6.45, 7) is 0.640. The van der Waals surface area contributed by atoms with E-state index in [4.69, 9.17) is 4.74 Å². The second-order valence-corrected chi connectivity index (χ2v) is 4.17. The first-order chi connectivity index (χ1) is 6.77. The fraction of sp³-hybridized carbons (Fsp3) is 0.625. The molecule has 0 bridgehead atoms. The van der Waals surface area contributed by atoms with E-state index in [0.717, 1.165) is 11.5 Å². The first-order valence-corrected chi connectivity index (χ1v) is 5.53. The minimum Gasteiger partial charge on any atom is -0.368 e. The fourth-order valence-electron chi connectivity index (χ4n) is 1.26. The van der Waals surface area contributed by atoms with Gasteiger partial charge in [-0.2, -0.15) is 26.8 Å². The van der Waals surface area contributed by atoms with E-state index in [1.807, 2.05) is 0 Å². The summed E-state index contributed by atoms with van der Waals surface area (Å²) < 4.78 is 5.36. The van der Waals surface area contributed by atoms with Gasteiger partial charge < -0.3 is 4.74 Å². The minimum atomic E-state index is -0.342. The van der Waals surface area contributed by atoms with Crippen LogP contribution in [-0.4, -0.2) is 45.0 Å². The molecular weight excluding hydrogens is 202 g/mol. The van der Waals surface area contributed by atoms with Crippen molar-refractivity contribution in [3.63, 3.8) is 0 Å². The molecule has 0 saturated carbocycles. The summed E-state index contributed by atoms with van der Waals surface area (Å²) in [6.07, 6.45) is 1.13. The molecule has 76 valence electrons. The van der Waals surface area contributed by atoms with Gasteiger partial charge in [0.05, 0.1) is 12.8 Å². The zero-order valence-corrected chi connectivity index (χ0v) is 8.66. The quantitative estimate of drug-likeness (QED) is 0.654. The van der Waals surface area contributed by atoms with Crippen LogP contribution < -0.4 is 0 Å². The predicted molar refractivity (Wildman–Crippen MR) is 52.4 cm³/mol. The molecule has 6 heteroatoms. The molecule has 14 heavy (non-hydrogen) atoms. The molecule has 1 saturated heterocycles. The molecule has 2 heterocycles. The molecule has 1 fully saturated rings. The third kappa shape index (κ3) is 1.96. The number of aromatic nitrogens is 3. The highest BCUT2D eigenvalue weighted by atomic mass is 32.2. The predicted octanol–water partition coefficient (Wildman–Crippen LogP) is 0.130. The van der Waals surface area contributed by atoms with E-state index in [1.165, 1.54) is 11.0 Å². The van der Waals surface area contributed by atoms with Crippen molar-refractivity contribution >= 4 is 17.5 Å². The smallest absolute Gasteiger partial charge is 0.214 e. The summed E-state index contributed by atoms with van der Waals surface area (Å²) >= 11 is 1.73. The zero-order valence-electron chi connectivity index (χ0n) is 7.84. The Morgan fingerprint density at radius 2 is 2.64 bits per heavy atom. The summed E-state index contributed by atoms with van der Waals surface area (Å²) in [6, 6.07) is 0. The minimum absolute atomic E-state index is 0.0645. The Hall–Kier alpha value is -0.880. The number of carbonyl (C=O) groups is 1. The van der Waals surface area contributed by atoms with Crippen molar-refractivity contribution in [3.8, 4) is 0 Å². The number of carbonyl (C=O) groups excluding carboxylic acids is 1. The van der Waals surface area contributed by atoms with Gasteiger partial charge in [-0.25, -0.2) is 0 Å². The van der Waals surface area contributed by atoms with Gasteiger partial charge in [0, 0.05) is 18.6 Å². The van der Waals surface area contributed by atoms with E-state index in [2.05, 4.69) is 10.2 Å². The summed E-state index contributed by atoms with van der Waals surface area (Å²) in [5.41, 5.74) is 0.389. The van der Waals surface area contributed by atoms with Crippen LogP contribution in [0.1, 0.15) is 10.5 Å². The lowest BCUT2D eigenvalue weighted by atomic mass is 10.2. The van der Waals surface area contributed by atoms with Crippen LogP contribution in [0.15, 0.2) is 6.20 Å². The number of Topliss-reactive ketones (excluding diaryl/α,β-unsaturated/α-hetero) is 1. The maximum absolute atomic E-state index is 11.8. The number of ketones is 1. The number of thioether (sulfide) groups is 1. The highest BCUT2D eigenvalue weighted by Crippen LogP contribution is 2.15. The van der Waals surface area contributed by atoms with Crippen LogP contribution in [0, 0.1) is 0 Å². The van der Waals surface area contributed by atoms with Gasteiger partial charge in [0.1, 0.15) is 6.10 Å². The molecule has 1 aliphatic heterocycles. The zero-order chi connectivity index (χ0) is 9.97. The van der Waals surface area contributed by atoms with Crippen LogP contribution in [0.2, 0.25) is 0 Å². The van der Waals surface area contributed by atoms with E-state index >= 15 is 0 Å². The van der Waals surface area contributed by atoms with Crippen molar-refractivity contribution in [1.29, 1.82) is 0 Å². The third-order valence-electron chi connectivity index (χ3n) is 1.96. The summed E-state index contributed by atoms with van der Waals surface area (Å²) in [7, 11) is 1.69. The number of hydrogen-bond donors (Lipinski definition) is 0. The SMILES string of the molecule is Cn1ncc(C(=O)C2CSCCO2)n1. The van der Waals surface area contributed by atoms with E-state index in [0.29, 0.717) is 12.3 Å². The van der Waals surface area contributed by atoms with Crippen molar-refractivity contribution in [3.05, 3.63) is 11.9 Å². The van der Waals surface area contributed by atoms with Crippen molar-refractivity contribution in [2.75, 3.05) is 18.1 Å². The average Bonchev–Trinajstić information content (AvgIpc) is 2.65. The largest absolute Gasteiger partial charge is 0.368 e. The van der Waals surface area contributed by atoms with Gasteiger partial charge in [-0.05, 0) is 0 Å². The standard InChI is InChI=1S/C8H11N3O2S/c1-11-9-4-6(10-11)8(12)7-5-14-3-2-13-7/h4,7H,2-3,5H2,1H3. The number of rotatable bonds is 2. The summed E-state index contributed by atoms with van der Waals surface area (Å²) in [5, 5.41) is 7.81. The van der Waals surface area contributed by atoms with Crippen molar-refractivity contribution in [1.82, 2.24) is 15.0 Å². The van der Waals surface area contributed by atoms with Crippen molar-refractivity contribution < 1.29 is 9.53 Å². The van der Waals surface area contributed by atoms with Gasteiger partial charge in [-0.3, -0.25) is 4.79 Å². The number of hydrogen-bond acceptors (Lipinski definition) is 5. The summed E-state index contributed by atoms with van der Waals surface area (Å²) in [4.78, 5) is 13.1. The molecule has 1 aromatic heterocycles. The van der Waals surface area contributed by atoms with Gasteiger partial charge in [0.25, 0.3) is 0 Å². The molecular formula is C8H11N3O2S. The Bertz CT molecular complexity index is 333. The third-order valence-corrected chi connectivity index (χ3v) is 2.95. The van der Waals surface area contributed by atoms with Gasteiger partial charge in [-0.15, -0.1) is 0 Å². The monoisotopic (exact) mass is 213 g/mol. The second-order valence-electron chi connectivity index (χ2n) is 3.02. The van der Waals surface area contributed by atoms with Crippen LogP contribution in [0.4, 0.5) is 0 Å². The molecule has 0 aliphatic carbocycles. The number of nitrogens with zero attached hydrogens (tertiary/aromatic N) is 3. The molecule has 5 nitrogen and oxygen atoms in total. The maximum atomic E-state index is 11.8. The average molecular weight is 213 g/mol. The summed E-state index contributed by atoms with van der Waals surface area (Å²) in [5.74, 6) is 1.62. The van der Waals surface area contributed by atoms with Gasteiger partial charge in [0.15, 0.2) is 5.69 Å². The lowest BCUT2D eigenvalue weighted by Crippen LogP contribution is -2.31. The molecule has 0 radical (unpaired) electrons. The molecule has 0 aromatic carbocycles. The molecule has 2 rings (SSSR count). The van der Waals surface area contributed by atoms with Crippen molar-refractivity contribution in [2.24, 2.45) is 7.05 Å². The first kappa shape index (κ1) is 9.67. The Morgan fingerprint density at radius 1 is 1.79 bits per heavy atom. The Morgan fingerprint density at radius 3 is 3.21 bits per heavy atom. The highest BCUT2D eigenvalue weighted by molar-refractivity contribution is 7.99. The van der Waals surface area contributed by atoms with Gasteiger partial charge >= 0.3 is 0 Å². The van der Waals surface area contributed by atoms with Crippen molar-refractivity contribution in [2.45, 2.75) is 6.10 Å². The molecule has 1 aromatic rings. The second kappa shape index (κ2) is 4.10. The molecule has 1 aliphatic rings. The van der Waals surface area contributed by atoms with Crippen LogP contribution in [0.25, 0.3) is 0 Å². The Balaban J connectivity index is 2.07. The van der Waals surface area contributed by atoms with Gasteiger partial charge in [-0.1, -0.05) is 0 Å². The van der Waals surface area contributed by atoms with Crippen LogP contribution >= 0.6 is 11.8 Å². The van der Waals surface area contributed by atoms with Gasteiger partial charge in [0.2, 0.25) is 5.78 Å². The van der Waals surface area contributed by atoms with E-state index in [-0.39, 0.29) is 11.9 Å². The molecule has 1 unspecified atom stereocenters. The normalized spacial score (nSPS) is 22.2. The fourth-order valence-corrected chi connectivity index (χ4v) is 2.11. The number of ether oxygens (including phenoxy) is 1. The first-order valence-electron chi connectivity index (χ1n) is 4.37. The van der Waals surface area contributed by atoms with E-state index < -0.39 is 0 Å². The Kier molecular flexibility index (Phi) is 2.83. The maximum Gasteiger partial charge on any atom is 0.214 e. The molecule has 0 amide bonds. The van der Waals surface area contributed by atoms with Crippen LogP contribution in [0.5, 0.6) is 0 Å². The van der Waals surface area contributed by atoms with Crippen LogP contribution in [-0.2, 0) is 11.8 Å². The topological polar surface area (TPSA) is 57.0 Å². The molecule has 1 atom stereocenters. The number of aryl methyl sites for hydroxylation is 1. The van der Waals surface area contributed by atoms with E-state index in [1.54, 1.807) is 18.8 Å². The lowest BCUT2D eigenvalue weighted by Gasteiger charge is -2.19. The van der Waals surface area contributed by atoms with E-state index in [9.17, 15) is 4.79 Å². The molecule has 0 N–H and O–H groups in total. The Labute approximate surface area is 85.8 Å². The highest BCUT2D eigenvalue weighted by Gasteiger charge is 2.25.